The lowest BCUT2D eigenvalue weighted by Crippen LogP contribution is -2.45. The summed E-state index contributed by atoms with van der Waals surface area (Å²) in [6, 6.07) is 8.36. The number of nitrogens with one attached hydrogen (secondary N) is 3. The molecule has 0 saturated carbocycles. The van der Waals surface area contributed by atoms with E-state index in [1.54, 1.807) is 7.11 Å². The van der Waals surface area contributed by atoms with Crippen LogP contribution in [-0.4, -0.2) is 51.5 Å². The summed E-state index contributed by atoms with van der Waals surface area (Å²) in [5, 5.41) is 10.0. The van der Waals surface area contributed by atoms with Crippen molar-refractivity contribution in [2.24, 2.45) is 4.99 Å². The molecule has 6 heteroatoms. The molecule has 1 unspecified atom stereocenters. The summed E-state index contributed by atoms with van der Waals surface area (Å²) in [5.41, 5.74) is 2.20. The molecule has 1 heterocycles. The molecule has 140 valence electrons. The maximum Gasteiger partial charge on any atom is 0.191 e. The Morgan fingerprint density at radius 1 is 1.28 bits per heavy atom. The van der Waals surface area contributed by atoms with Gasteiger partial charge in [-0.15, -0.1) is 0 Å². The Morgan fingerprint density at radius 2 is 2.08 bits per heavy atom. The van der Waals surface area contributed by atoms with Gasteiger partial charge in [0.25, 0.3) is 0 Å². The van der Waals surface area contributed by atoms with Crippen LogP contribution in [0.5, 0.6) is 0 Å². The summed E-state index contributed by atoms with van der Waals surface area (Å²) >= 11 is 0. The molecule has 25 heavy (non-hydrogen) atoms. The number of hydrogen-bond donors (Lipinski definition) is 3. The van der Waals surface area contributed by atoms with Crippen molar-refractivity contribution in [3.8, 4) is 0 Å². The zero-order valence-corrected chi connectivity index (χ0v) is 15.7. The highest BCUT2D eigenvalue weighted by molar-refractivity contribution is 5.79. The van der Waals surface area contributed by atoms with Crippen LogP contribution in [-0.2, 0) is 16.0 Å². The first-order valence-electron chi connectivity index (χ1n) is 9.13. The number of methoxy groups -OCH3 is 1. The number of guanidine groups is 1. The lowest BCUT2D eigenvalue weighted by Gasteiger charge is -2.24. The molecule has 1 aliphatic heterocycles. The molecule has 0 spiro atoms. The van der Waals surface area contributed by atoms with Crippen molar-refractivity contribution in [3.63, 3.8) is 0 Å². The molecule has 2 rings (SSSR count). The molecule has 0 radical (unpaired) electrons. The smallest absolute Gasteiger partial charge is 0.191 e. The highest BCUT2D eigenvalue weighted by Gasteiger charge is 2.29. The van der Waals surface area contributed by atoms with E-state index in [9.17, 15) is 0 Å². The van der Waals surface area contributed by atoms with Gasteiger partial charge < -0.3 is 25.4 Å². The highest BCUT2D eigenvalue weighted by atomic mass is 16.5. The van der Waals surface area contributed by atoms with Crippen molar-refractivity contribution in [1.29, 1.82) is 0 Å². The van der Waals surface area contributed by atoms with Gasteiger partial charge in [-0.2, -0.15) is 0 Å². The molecular weight excluding hydrogens is 316 g/mol. The molecule has 1 aromatic rings. The average molecular weight is 348 g/mol. The first-order valence-corrected chi connectivity index (χ1v) is 9.13. The fourth-order valence-corrected chi connectivity index (χ4v) is 2.78. The topological polar surface area (TPSA) is 66.9 Å². The van der Waals surface area contributed by atoms with Crippen molar-refractivity contribution in [1.82, 2.24) is 10.6 Å². The van der Waals surface area contributed by atoms with E-state index in [4.69, 9.17) is 9.47 Å². The summed E-state index contributed by atoms with van der Waals surface area (Å²) in [5.74, 6) is 0.835. The molecule has 1 atom stereocenters. The van der Waals surface area contributed by atoms with Crippen molar-refractivity contribution in [3.05, 3.63) is 29.8 Å². The molecular formula is C19H32N4O2. The summed E-state index contributed by atoms with van der Waals surface area (Å²) in [7, 11) is 1.71. The van der Waals surface area contributed by atoms with Crippen LogP contribution in [0.4, 0.5) is 5.69 Å². The largest absolute Gasteiger partial charge is 0.383 e. The predicted octanol–water partition coefficient (Wildman–Crippen LogP) is 2.37. The third-order valence-corrected chi connectivity index (χ3v) is 4.28. The zero-order chi connectivity index (χ0) is 18.0. The summed E-state index contributed by atoms with van der Waals surface area (Å²) in [4.78, 5) is 4.68. The third kappa shape index (κ3) is 6.92. The van der Waals surface area contributed by atoms with E-state index in [0.29, 0.717) is 13.2 Å². The molecule has 3 N–H and O–H groups in total. The SMILES string of the molecule is CCNC(=NCc1ccc(NCCOC)cc1)NCC1(C)CCCO1. The summed E-state index contributed by atoms with van der Waals surface area (Å²) in [6.07, 6.45) is 2.23. The van der Waals surface area contributed by atoms with Gasteiger partial charge in [-0.05, 0) is 44.4 Å². The van der Waals surface area contributed by atoms with Crippen molar-refractivity contribution in [2.45, 2.75) is 38.8 Å². The van der Waals surface area contributed by atoms with E-state index < -0.39 is 0 Å². The summed E-state index contributed by atoms with van der Waals surface area (Å²) < 4.78 is 10.9. The number of anilines is 1. The van der Waals surface area contributed by atoms with Crippen molar-refractivity contribution in [2.75, 3.05) is 45.3 Å². The molecule has 0 aliphatic carbocycles. The van der Waals surface area contributed by atoms with Gasteiger partial charge in [-0.1, -0.05) is 12.1 Å². The standard InChI is InChI=1S/C19H32N4O2/c1-4-20-18(23-15-19(2)10-5-12-25-19)22-14-16-6-8-17(9-7-16)21-11-13-24-3/h6-9,21H,4-5,10-15H2,1-3H3,(H2,20,22,23). The van der Waals surface area contributed by atoms with E-state index in [0.717, 1.165) is 50.7 Å². The fraction of sp³-hybridized carbons (Fsp3) is 0.632. The molecule has 1 saturated heterocycles. The number of rotatable bonds is 9. The second-order valence-corrected chi connectivity index (χ2v) is 6.57. The minimum atomic E-state index is -0.0777. The Bertz CT molecular complexity index is 525. The van der Waals surface area contributed by atoms with Crippen LogP contribution in [0.1, 0.15) is 32.3 Å². The normalized spacial score (nSPS) is 20.5. The van der Waals surface area contributed by atoms with E-state index in [-0.39, 0.29) is 5.60 Å². The molecule has 0 aromatic heterocycles. The number of hydrogen-bond acceptors (Lipinski definition) is 4. The fourth-order valence-electron chi connectivity index (χ4n) is 2.78. The molecule has 1 fully saturated rings. The Balaban J connectivity index is 1.84. The van der Waals surface area contributed by atoms with Gasteiger partial charge in [0.2, 0.25) is 0 Å². The minimum absolute atomic E-state index is 0.0777. The third-order valence-electron chi connectivity index (χ3n) is 4.28. The van der Waals surface area contributed by atoms with E-state index in [1.165, 1.54) is 5.56 Å². The quantitative estimate of drug-likeness (QED) is 0.363. The van der Waals surface area contributed by atoms with Gasteiger partial charge in [0, 0.05) is 39.0 Å². The maximum absolute atomic E-state index is 5.82. The van der Waals surface area contributed by atoms with Gasteiger partial charge in [-0.3, -0.25) is 0 Å². The lowest BCUT2D eigenvalue weighted by atomic mass is 10.0. The van der Waals surface area contributed by atoms with Crippen molar-refractivity contribution >= 4 is 11.6 Å². The first-order chi connectivity index (χ1) is 12.1. The van der Waals surface area contributed by atoms with Gasteiger partial charge >= 0.3 is 0 Å². The molecule has 1 aliphatic rings. The Morgan fingerprint density at radius 3 is 2.72 bits per heavy atom. The predicted molar refractivity (Wildman–Crippen MR) is 103 cm³/mol. The number of benzene rings is 1. The molecule has 1 aromatic carbocycles. The van der Waals surface area contributed by atoms with Gasteiger partial charge in [0.1, 0.15) is 0 Å². The van der Waals surface area contributed by atoms with E-state index in [2.05, 4.69) is 59.1 Å². The second-order valence-electron chi connectivity index (χ2n) is 6.57. The van der Waals surface area contributed by atoms with Crippen LogP contribution in [0.25, 0.3) is 0 Å². The van der Waals surface area contributed by atoms with Crippen LogP contribution in [0.15, 0.2) is 29.3 Å². The molecule has 0 amide bonds. The van der Waals surface area contributed by atoms with Gasteiger partial charge in [-0.25, -0.2) is 4.99 Å². The van der Waals surface area contributed by atoms with Crippen LogP contribution in [0.2, 0.25) is 0 Å². The number of aliphatic imine (C=N–C) groups is 1. The maximum atomic E-state index is 5.82. The second kappa shape index (κ2) is 10.3. The Labute approximate surface area is 151 Å². The minimum Gasteiger partial charge on any atom is -0.383 e. The Kier molecular flexibility index (Phi) is 8.01. The van der Waals surface area contributed by atoms with Crippen LogP contribution < -0.4 is 16.0 Å². The number of ether oxygens (including phenoxy) is 2. The number of nitrogens with zero attached hydrogens (tertiary/aromatic N) is 1. The van der Waals surface area contributed by atoms with Crippen molar-refractivity contribution < 1.29 is 9.47 Å². The highest BCUT2D eigenvalue weighted by Crippen LogP contribution is 2.23. The average Bonchev–Trinajstić information content (AvgIpc) is 3.06. The molecule has 0 bridgehead atoms. The lowest BCUT2D eigenvalue weighted by molar-refractivity contribution is 0.0243. The van der Waals surface area contributed by atoms with E-state index in [1.807, 2.05) is 0 Å². The molecule has 6 nitrogen and oxygen atoms in total. The Hall–Kier alpha value is -1.79. The van der Waals surface area contributed by atoms with Gasteiger partial charge in [0.15, 0.2) is 5.96 Å². The zero-order valence-electron chi connectivity index (χ0n) is 15.7. The van der Waals surface area contributed by atoms with E-state index >= 15 is 0 Å². The van der Waals surface area contributed by atoms with Gasteiger partial charge in [0.05, 0.1) is 18.8 Å². The summed E-state index contributed by atoms with van der Waals surface area (Å²) in [6.45, 7) is 8.86. The van der Waals surface area contributed by atoms with Crippen LogP contribution in [0.3, 0.4) is 0 Å². The monoisotopic (exact) mass is 348 g/mol. The van der Waals surface area contributed by atoms with Crippen LogP contribution in [0, 0.1) is 0 Å². The first kappa shape index (κ1) is 19.5. The van der Waals surface area contributed by atoms with Crippen LogP contribution >= 0.6 is 0 Å².